The van der Waals surface area contributed by atoms with E-state index in [2.05, 4.69) is 4.98 Å². The number of benzene rings is 1. The van der Waals surface area contributed by atoms with Gasteiger partial charge in [0, 0.05) is 23.9 Å². The minimum atomic E-state index is -0.987. The van der Waals surface area contributed by atoms with Gasteiger partial charge in [0.05, 0.1) is 11.8 Å². The quantitative estimate of drug-likeness (QED) is 0.916. The molecule has 1 aliphatic carbocycles. The zero-order valence-electron chi connectivity index (χ0n) is 11.6. The molecule has 1 aromatic carbocycles. The summed E-state index contributed by atoms with van der Waals surface area (Å²) < 4.78 is 32.3. The summed E-state index contributed by atoms with van der Waals surface area (Å²) >= 11 is 0. The molecule has 3 rings (SSSR count). The van der Waals surface area contributed by atoms with Crippen molar-refractivity contribution < 1.29 is 18.6 Å². The largest absolute Gasteiger partial charge is 0.503 e. The Bertz CT molecular complexity index is 665. The maximum absolute atomic E-state index is 13.4. The van der Waals surface area contributed by atoms with Gasteiger partial charge in [-0.25, -0.2) is 8.78 Å². The summed E-state index contributed by atoms with van der Waals surface area (Å²) in [5, 5.41) is 9.15. The second-order valence-electron chi connectivity index (χ2n) is 5.14. The van der Waals surface area contributed by atoms with Crippen LogP contribution < -0.4 is 0 Å². The summed E-state index contributed by atoms with van der Waals surface area (Å²) in [6, 6.07) is 5.79. The molecular formula is C16H15F2NO2. The van der Waals surface area contributed by atoms with E-state index in [0.717, 1.165) is 42.7 Å². The molecule has 0 fully saturated rings. The van der Waals surface area contributed by atoms with Gasteiger partial charge in [0.25, 0.3) is 0 Å². The van der Waals surface area contributed by atoms with Crippen molar-refractivity contribution >= 4 is 0 Å². The number of aryl methyl sites for hydroxylation is 1. The highest BCUT2D eigenvalue weighted by atomic mass is 19.1. The zero-order valence-corrected chi connectivity index (χ0v) is 11.6. The highest BCUT2D eigenvalue weighted by Crippen LogP contribution is 2.33. The van der Waals surface area contributed by atoms with E-state index in [1.807, 2.05) is 6.07 Å². The number of pyridine rings is 1. The minimum absolute atomic E-state index is 0.0311. The van der Waals surface area contributed by atoms with Crippen LogP contribution >= 0.6 is 0 Å². The fourth-order valence-electron chi connectivity index (χ4n) is 2.73. The van der Waals surface area contributed by atoms with Crippen molar-refractivity contribution in [2.45, 2.75) is 25.4 Å². The van der Waals surface area contributed by atoms with Crippen LogP contribution in [0.2, 0.25) is 0 Å². The number of nitrogens with zero attached hydrogens (tertiary/aromatic N) is 1. The van der Waals surface area contributed by atoms with Gasteiger partial charge in [-0.3, -0.25) is 4.98 Å². The van der Waals surface area contributed by atoms with Gasteiger partial charge in [0.15, 0.2) is 17.4 Å². The number of rotatable bonds is 2. The molecule has 2 aromatic rings. The Labute approximate surface area is 121 Å². The van der Waals surface area contributed by atoms with E-state index in [-0.39, 0.29) is 6.10 Å². The van der Waals surface area contributed by atoms with Crippen LogP contribution in [0.5, 0.6) is 5.75 Å². The molecule has 1 aliphatic rings. The van der Waals surface area contributed by atoms with Gasteiger partial charge in [-0.05, 0) is 37.5 Å². The monoisotopic (exact) mass is 291 g/mol. The van der Waals surface area contributed by atoms with Crippen LogP contribution in [0.4, 0.5) is 8.78 Å². The molecule has 0 amide bonds. The second kappa shape index (κ2) is 5.41. The first-order valence-electron chi connectivity index (χ1n) is 6.81. The van der Waals surface area contributed by atoms with Crippen molar-refractivity contribution in [2.75, 3.05) is 7.11 Å². The Balaban J connectivity index is 2.05. The first-order valence-corrected chi connectivity index (χ1v) is 6.81. The van der Waals surface area contributed by atoms with Crippen molar-refractivity contribution in [3.63, 3.8) is 0 Å². The number of fused-ring (bicyclic) bond motifs is 1. The van der Waals surface area contributed by atoms with Gasteiger partial charge in [-0.1, -0.05) is 6.07 Å². The van der Waals surface area contributed by atoms with E-state index in [1.54, 1.807) is 13.2 Å². The zero-order chi connectivity index (χ0) is 15.0. The average Bonchev–Trinajstić information content (AvgIpc) is 2.50. The number of hydrogen-bond donors (Lipinski definition) is 1. The molecule has 21 heavy (non-hydrogen) atoms. The van der Waals surface area contributed by atoms with Gasteiger partial charge in [-0.2, -0.15) is 0 Å². The van der Waals surface area contributed by atoms with E-state index < -0.39 is 17.4 Å². The van der Waals surface area contributed by atoms with E-state index in [4.69, 9.17) is 9.84 Å². The van der Waals surface area contributed by atoms with E-state index in [1.165, 1.54) is 0 Å². The van der Waals surface area contributed by atoms with Crippen LogP contribution in [0.3, 0.4) is 0 Å². The Morgan fingerprint density at radius 3 is 2.62 bits per heavy atom. The van der Waals surface area contributed by atoms with Crippen LogP contribution in [0.25, 0.3) is 11.3 Å². The molecule has 1 aromatic heterocycles. The van der Waals surface area contributed by atoms with Gasteiger partial charge in [-0.15, -0.1) is 0 Å². The predicted molar refractivity (Wildman–Crippen MR) is 73.9 cm³/mol. The SMILES string of the molecule is COC1CCCc2nc(-c3cc(F)c(O)c(F)c3)ccc21. The van der Waals surface area contributed by atoms with Crippen molar-refractivity contribution in [2.24, 2.45) is 0 Å². The summed E-state index contributed by atoms with van der Waals surface area (Å²) in [7, 11) is 1.67. The molecule has 0 aliphatic heterocycles. The van der Waals surface area contributed by atoms with E-state index >= 15 is 0 Å². The molecule has 0 bridgehead atoms. The molecule has 110 valence electrons. The van der Waals surface area contributed by atoms with Crippen molar-refractivity contribution in [1.29, 1.82) is 0 Å². The Kier molecular flexibility index (Phi) is 3.59. The number of aromatic hydroxyl groups is 1. The second-order valence-corrected chi connectivity index (χ2v) is 5.14. The minimum Gasteiger partial charge on any atom is -0.503 e. The molecule has 1 heterocycles. The van der Waals surface area contributed by atoms with Crippen LogP contribution in [-0.2, 0) is 11.2 Å². The summed E-state index contributed by atoms with van der Waals surface area (Å²) in [5.74, 6) is -2.94. The number of aromatic nitrogens is 1. The number of halogens is 2. The van der Waals surface area contributed by atoms with Gasteiger partial charge < -0.3 is 9.84 Å². The maximum Gasteiger partial charge on any atom is 0.187 e. The lowest BCUT2D eigenvalue weighted by atomic mass is 9.92. The highest BCUT2D eigenvalue weighted by molar-refractivity contribution is 5.61. The normalized spacial score (nSPS) is 17.6. The fourth-order valence-corrected chi connectivity index (χ4v) is 2.73. The van der Waals surface area contributed by atoms with Crippen molar-refractivity contribution in [3.05, 3.63) is 47.2 Å². The molecular weight excluding hydrogens is 276 g/mol. The van der Waals surface area contributed by atoms with Crippen molar-refractivity contribution in [1.82, 2.24) is 4.98 Å². The van der Waals surface area contributed by atoms with Gasteiger partial charge in [0.1, 0.15) is 0 Å². The molecule has 1 atom stereocenters. The smallest absolute Gasteiger partial charge is 0.187 e. The molecule has 0 spiro atoms. The topological polar surface area (TPSA) is 42.4 Å². The molecule has 1 N–H and O–H groups in total. The Hall–Kier alpha value is -2.01. The molecule has 3 nitrogen and oxygen atoms in total. The Morgan fingerprint density at radius 2 is 1.95 bits per heavy atom. The van der Waals surface area contributed by atoms with Crippen LogP contribution in [0.1, 0.15) is 30.2 Å². The number of methoxy groups -OCH3 is 1. The number of ether oxygens (including phenoxy) is 1. The number of hydrogen-bond acceptors (Lipinski definition) is 3. The van der Waals surface area contributed by atoms with E-state index in [0.29, 0.717) is 11.3 Å². The number of phenolic OH excluding ortho intramolecular Hbond substituents is 1. The molecule has 0 saturated carbocycles. The summed E-state index contributed by atoms with van der Waals surface area (Å²) in [5.41, 5.74) is 2.74. The first-order chi connectivity index (χ1) is 10.1. The first kappa shape index (κ1) is 13.9. The predicted octanol–water partition coefficient (Wildman–Crippen LogP) is 3.76. The van der Waals surface area contributed by atoms with Gasteiger partial charge in [0.2, 0.25) is 0 Å². The average molecular weight is 291 g/mol. The summed E-state index contributed by atoms with van der Waals surface area (Å²) in [4.78, 5) is 4.50. The highest BCUT2D eigenvalue weighted by Gasteiger charge is 2.21. The lowest BCUT2D eigenvalue weighted by Crippen LogP contribution is -2.13. The standard InChI is InChI=1S/C16H15F2NO2/c1-21-15-4-2-3-14-10(15)5-6-13(19-14)9-7-11(17)16(20)12(18)8-9/h5-8,15,20H,2-4H2,1H3. The van der Waals surface area contributed by atoms with E-state index in [9.17, 15) is 8.78 Å². The molecule has 1 unspecified atom stereocenters. The summed E-state index contributed by atoms with van der Waals surface area (Å²) in [6.07, 6.45) is 2.78. The van der Waals surface area contributed by atoms with Crippen molar-refractivity contribution in [3.8, 4) is 17.0 Å². The van der Waals surface area contributed by atoms with Crippen LogP contribution in [-0.4, -0.2) is 17.2 Å². The van der Waals surface area contributed by atoms with Gasteiger partial charge >= 0.3 is 0 Å². The maximum atomic E-state index is 13.4. The molecule has 0 saturated heterocycles. The lowest BCUT2D eigenvalue weighted by Gasteiger charge is -2.23. The number of phenols is 1. The summed E-state index contributed by atoms with van der Waals surface area (Å²) in [6.45, 7) is 0. The Morgan fingerprint density at radius 1 is 1.24 bits per heavy atom. The van der Waals surface area contributed by atoms with Crippen LogP contribution in [0, 0.1) is 11.6 Å². The molecule has 5 heteroatoms. The third-order valence-electron chi connectivity index (χ3n) is 3.83. The third kappa shape index (κ3) is 2.49. The third-order valence-corrected chi connectivity index (χ3v) is 3.83. The fraction of sp³-hybridized carbons (Fsp3) is 0.312. The lowest BCUT2D eigenvalue weighted by molar-refractivity contribution is 0.0874. The molecule has 0 radical (unpaired) electrons. The van der Waals surface area contributed by atoms with Crippen LogP contribution in [0.15, 0.2) is 24.3 Å².